The first-order valence-electron chi connectivity index (χ1n) is 5.41. The van der Waals surface area contributed by atoms with Crippen LogP contribution in [0.3, 0.4) is 0 Å². The summed E-state index contributed by atoms with van der Waals surface area (Å²) in [4.78, 5) is 8.25. The zero-order valence-corrected chi connectivity index (χ0v) is 11.1. The van der Waals surface area contributed by atoms with E-state index in [4.69, 9.17) is 18.0 Å². The minimum atomic E-state index is -4.56. The molecule has 0 saturated carbocycles. The fourth-order valence-electron chi connectivity index (χ4n) is 1.65. The molecular formula is C11H10F3N5S. The lowest BCUT2D eigenvalue weighted by Gasteiger charge is -2.22. The molecule has 2 rings (SSSR count). The largest absolute Gasteiger partial charge is 0.433 e. The Hall–Kier alpha value is -2.16. The fourth-order valence-corrected chi connectivity index (χ4v) is 1.84. The third-order valence-corrected chi connectivity index (χ3v) is 2.72. The number of anilines is 2. The van der Waals surface area contributed by atoms with E-state index in [9.17, 15) is 13.2 Å². The van der Waals surface area contributed by atoms with Gasteiger partial charge in [-0.15, -0.1) is 0 Å². The van der Waals surface area contributed by atoms with Crippen molar-refractivity contribution in [2.24, 2.45) is 12.8 Å². The van der Waals surface area contributed by atoms with E-state index in [1.54, 1.807) is 29.9 Å². The molecule has 2 heterocycles. The summed E-state index contributed by atoms with van der Waals surface area (Å²) in [5.41, 5.74) is 4.53. The van der Waals surface area contributed by atoms with E-state index in [2.05, 4.69) is 9.97 Å². The second-order valence-corrected chi connectivity index (χ2v) is 4.33. The number of aryl methyl sites for hydroxylation is 1. The van der Waals surface area contributed by atoms with Crippen molar-refractivity contribution >= 4 is 29.0 Å². The van der Waals surface area contributed by atoms with Crippen LogP contribution < -0.4 is 10.6 Å². The molecule has 0 aliphatic heterocycles. The van der Waals surface area contributed by atoms with Crippen LogP contribution >= 0.6 is 12.2 Å². The molecule has 0 radical (unpaired) electrons. The molecular weight excluding hydrogens is 291 g/mol. The van der Waals surface area contributed by atoms with Crippen LogP contribution in [0, 0.1) is 0 Å². The molecule has 0 aliphatic carbocycles. The summed E-state index contributed by atoms with van der Waals surface area (Å²) in [6.07, 6.45) is -2.02. The summed E-state index contributed by atoms with van der Waals surface area (Å²) >= 11 is 4.89. The number of halogens is 3. The third kappa shape index (κ3) is 2.72. The molecule has 2 aromatic heterocycles. The van der Waals surface area contributed by atoms with Gasteiger partial charge in [-0.1, -0.05) is 0 Å². The molecule has 0 saturated heterocycles. The molecule has 0 aromatic carbocycles. The standard InChI is InChI=1S/C11H10F3N5S/c1-18-4-2-3-9(18)19(10(15)20)8-5-7(11(12,13)14)16-6-17-8/h2-6H,1H3,(H2,15,20). The monoisotopic (exact) mass is 301 g/mol. The van der Waals surface area contributed by atoms with Crippen molar-refractivity contribution in [3.8, 4) is 0 Å². The summed E-state index contributed by atoms with van der Waals surface area (Å²) < 4.78 is 39.7. The van der Waals surface area contributed by atoms with Gasteiger partial charge in [-0.3, -0.25) is 4.90 Å². The number of nitrogens with two attached hydrogens (primary N) is 1. The van der Waals surface area contributed by atoms with Gasteiger partial charge in [0.1, 0.15) is 23.7 Å². The Morgan fingerprint density at radius 2 is 2.10 bits per heavy atom. The smallest absolute Gasteiger partial charge is 0.376 e. The molecule has 0 fully saturated rings. The maximum absolute atomic E-state index is 12.7. The van der Waals surface area contributed by atoms with Gasteiger partial charge in [-0.25, -0.2) is 9.97 Å². The number of rotatable bonds is 2. The van der Waals surface area contributed by atoms with Crippen molar-refractivity contribution in [3.05, 3.63) is 36.4 Å². The molecule has 0 unspecified atom stereocenters. The topological polar surface area (TPSA) is 60.0 Å². The van der Waals surface area contributed by atoms with E-state index in [-0.39, 0.29) is 10.9 Å². The molecule has 0 amide bonds. The number of hydrogen-bond acceptors (Lipinski definition) is 3. The van der Waals surface area contributed by atoms with Crippen LogP contribution in [0.25, 0.3) is 0 Å². The number of nitrogens with zero attached hydrogens (tertiary/aromatic N) is 4. The number of alkyl halides is 3. The van der Waals surface area contributed by atoms with Gasteiger partial charge in [0.15, 0.2) is 5.11 Å². The van der Waals surface area contributed by atoms with Crippen molar-refractivity contribution in [3.63, 3.8) is 0 Å². The Morgan fingerprint density at radius 3 is 2.60 bits per heavy atom. The van der Waals surface area contributed by atoms with E-state index < -0.39 is 11.9 Å². The van der Waals surface area contributed by atoms with Gasteiger partial charge in [0.25, 0.3) is 0 Å². The van der Waals surface area contributed by atoms with E-state index in [1.807, 2.05) is 0 Å². The third-order valence-electron chi connectivity index (χ3n) is 2.54. The Morgan fingerprint density at radius 1 is 1.40 bits per heavy atom. The van der Waals surface area contributed by atoms with Crippen molar-refractivity contribution in [1.29, 1.82) is 0 Å². The maximum atomic E-state index is 12.7. The van der Waals surface area contributed by atoms with Crippen LogP contribution in [-0.2, 0) is 13.2 Å². The first kappa shape index (κ1) is 14.3. The quantitative estimate of drug-likeness (QED) is 0.862. The van der Waals surface area contributed by atoms with E-state index in [1.165, 1.54) is 4.90 Å². The molecule has 2 N–H and O–H groups in total. The molecule has 0 aliphatic rings. The minimum absolute atomic E-state index is 0.0402. The van der Waals surface area contributed by atoms with Gasteiger partial charge in [0.2, 0.25) is 0 Å². The lowest BCUT2D eigenvalue weighted by Crippen LogP contribution is -2.33. The van der Waals surface area contributed by atoms with Crippen LogP contribution in [-0.4, -0.2) is 19.6 Å². The fraction of sp³-hybridized carbons (Fsp3) is 0.182. The first-order valence-corrected chi connectivity index (χ1v) is 5.81. The zero-order chi connectivity index (χ0) is 14.9. The van der Waals surface area contributed by atoms with E-state index >= 15 is 0 Å². The van der Waals surface area contributed by atoms with Crippen LogP contribution in [0.15, 0.2) is 30.7 Å². The highest BCUT2D eigenvalue weighted by Crippen LogP contribution is 2.31. The molecule has 5 nitrogen and oxygen atoms in total. The summed E-state index contributed by atoms with van der Waals surface area (Å²) in [6.45, 7) is 0. The van der Waals surface area contributed by atoms with Crippen molar-refractivity contribution in [2.45, 2.75) is 6.18 Å². The number of hydrogen-bond donors (Lipinski definition) is 1. The van der Waals surface area contributed by atoms with Crippen molar-refractivity contribution < 1.29 is 13.2 Å². The summed E-state index contributed by atoms with van der Waals surface area (Å²) in [5.74, 6) is 0.464. The highest BCUT2D eigenvalue weighted by atomic mass is 32.1. The Kier molecular flexibility index (Phi) is 3.62. The maximum Gasteiger partial charge on any atom is 0.433 e. The highest BCUT2D eigenvalue weighted by Gasteiger charge is 2.33. The Labute approximate surface area is 117 Å². The van der Waals surface area contributed by atoms with Crippen molar-refractivity contribution in [2.75, 3.05) is 4.90 Å². The number of thiocarbonyl (C=S) groups is 1. The summed E-state index contributed by atoms with van der Waals surface area (Å²) in [6, 6.07) is 4.17. The van der Waals surface area contributed by atoms with Gasteiger partial charge < -0.3 is 10.3 Å². The van der Waals surface area contributed by atoms with E-state index in [0.717, 1.165) is 12.4 Å². The molecule has 9 heteroatoms. The van der Waals surface area contributed by atoms with Crippen molar-refractivity contribution in [1.82, 2.24) is 14.5 Å². The van der Waals surface area contributed by atoms with Crippen LogP contribution in [0.5, 0.6) is 0 Å². The molecule has 20 heavy (non-hydrogen) atoms. The summed E-state index contributed by atoms with van der Waals surface area (Å²) in [7, 11) is 1.71. The molecule has 0 bridgehead atoms. The van der Waals surface area contributed by atoms with Gasteiger partial charge >= 0.3 is 6.18 Å². The first-order chi connectivity index (χ1) is 9.30. The lowest BCUT2D eigenvalue weighted by atomic mass is 10.3. The normalized spacial score (nSPS) is 11.4. The highest BCUT2D eigenvalue weighted by molar-refractivity contribution is 7.80. The van der Waals surface area contributed by atoms with Crippen LogP contribution in [0.4, 0.5) is 24.8 Å². The lowest BCUT2D eigenvalue weighted by molar-refractivity contribution is -0.141. The average molecular weight is 301 g/mol. The average Bonchev–Trinajstić information content (AvgIpc) is 2.75. The predicted octanol–water partition coefficient (Wildman–Crippen LogP) is 2.22. The Bertz CT molecular complexity index is 637. The molecule has 0 atom stereocenters. The van der Waals surface area contributed by atoms with Gasteiger partial charge in [-0.2, -0.15) is 13.2 Å². The molecule has 106 valence electrons. The minimum Gasteiger partial charge on any atom is -0.376 e. The van der Waals surface area contributed by atoms with E-state index in [0.29, 0.717) is 5.82 Å². The second kappa shape index (κ2) is 5.08. The molecule has 2 aromatic rings. The molecule has 0 spiro atoms. The van der Waals surface area contributed by atoms with Gasteiger partial charge in [0.05, 0.1) is 0 Å². The Balaban J connectivity index is 2.52. The van der Waals surface area contributed by atoms with Crippen LogP contribution in [0.1, 0.15) is 5.69 Å². The second-order valence-electron chi connectivity index (χ2n) is 3.91. The van der Waals surface area contributed by atoms with Crippen LogP contribution in [0.2, 0.25) is 0 Å². The predicted molar refractivity (Wildman–Crippen MR) is 71.4 cm³/mol. The van der Waals surface area contributed by atoms with Gasteiger partial charge in [0, 0.05) is 19.3 Å². The van der Waals surface area contributed by atoms with Gasteiger partial charge in [-0.05, 0) is 24.4 Å². The zero-order valence-electron chi connectivity index (χ0n) is 10.3. The summed E-state index contributed by atoms with van der Waals surface area (Å²) in [5, 5.41) is -0.112. The number of aromatic nitrogens is 3. The SMILES string of the molecule is Cn1cccc1N(C(N)=S)c1cc(C(F)(F)F)ncn1.